The first-order valence-corrected chi connectivity index (χ1v) is 12.9. The van der Waals surface area contributed by atoms with E-state index in [4.69, 9.17) is 11.6 Å². The van der Waals surface area contributed by atoms with Gasteiger partial charge in [0.05, 0.1) is 5.75 Å². The number of carbonyl (C=O) groups is 2. The third-order valence-electron chi connectivity index (χ3n) is 5.99. The zero-order valence-electron chi connectivity index (χ0n) is 19.0. The summed E-state index contributed by atoms with van der Waals surface area (Å²) >= 11 is 7.55. The number of hydrogen-bond donors (Lipinski definition) is 1. The van der Waals surface area contributed by atoms with Crippen LogP contribution in [-0.2, 0) is 16.1 Å². The van der Waals surface area contributed by atoms with E-state index in [1.807, 2.05) is 62.4 Å². The summed E-state index contributed by atoms with van der Waals surface area (Å²) in [4.78, 5) is 29.4. The van der Waals surface area contributed by atoms with Crippen molar-refractivity contribution in [3.8, 4) is 0 Å². The molecule has 0 saturated heterocycles. The van der Waals surface area contributed by atoms with Crippen LogP contribution < -0.4 is 5.32 Å². The van der Waals surface area contributed by atoms with Crippen LogP contribution in [0.2, 0.25) is 5.02 Å². The molecule has 0 heterocycles. The zero-order valence-corrected chi connectivity index (χ0v) is 20.6. The minimum atomic E-state index is -0.487. The lowest BCUT2D eigenvalue weighted by molar-refractivity contribution is -0.139. The number of halogens is 1. The maximum Gasteiger partial charge on any atom is 0.243 e. The average Bonchev–Trinajstić information content (AvgIpc) is 2.80. The van der Waals surface area contributed by atoms with Crippen molar-refractivity contribution in [1.29, 1.82) is 0 Å². The highest BCUT2D eigenvalue weighted by Crippen LogP contribution is 2.22. The number of amides is 2. The van der Waals surface area contributed by atoms with E-state index in [0.717, 1.165) is 36.1 Å². The van der Waals surface area contributed by atoms with Crippen molar-refractivity contribution in [3.05, 3.63) is 64.7 Å². The van der Waals surface area contributed by atoms with Crippen LogP contribution in [0.1, 0.15) is 56.6 Å². The molecule has 2 aromatic carbocycles. The van der Waals surface area contributed by atoms with E-state index < -0.39 is 6.04 Å². The molecule has 0 spiro atoms. The normalized spacial score (nSPS) is 15.2. The Morgan fingerprint density at radius 3 is 2.34 bits per heavy atom. The van der Waals surface area contributed by atoms with E-state index in [1.54, 1.807) is 4.90 Å². The van der Waals surface area contributed by atoms with Gasteiger partial charge in [0.15, 0.2) is 0 Å². The standard InChI is InChI=1S/C26H33ClN2O2S/c1-3-24(26(31)28-22-7-5-4-6-8-22)29(17-20-11-13-21(27)14-12-20)25(30)18-32-23-15-9-19(2)10-16-23/h9-16,22,24H,3-8,17-18H2,1-2H3,(H,28,31)/t24-/m0/s1. The molecule has 2 aromatic rings. The highest BCUT2D eigenvalue weighted by Gasteiger charge is 2.30. The lowest BCUT2D eigenvalue weighted by Gasteiger charge is -2.32. The molecule has 172 valence electrons. The summed E-state index contributed by atoms with van der Waals surface area (Å²) in [5.74, 6) is 0.224. The fourth-order valence-corrected chi connectivity index (χ4v) is 5.02. The summed E-state index contributed by atoms with van der Waals surface area (Å²) in [5.41, 5.74) is 2.16. The molecule has 0 aromatic heterocycles. The third kappa shape index (κ3) is 7.28. The third-order valence-corrected chi connectivity index (χ3v) is 7.24. The van der Waals surface area contributed by atoms with Crippen LogP contribution in [0.4, 0.5) is 0 Å². The summed E-state index contributed by atoms with van der Waals surface area (Å²) in [5, 5.41) is 3.88. The smallest absolute Gasteiger partial charge is 0.243 e. The van der Waals surface area contributed by atoms with Gasteiger partial charge in [0.1, 0.15) is 6.04 Å². The van der Waals surface area contributed by atoms with Gasteiger partial charge in [0.2, 0.25) is 11.8 Å². The topological polar surface area (TPSA) is 49.4 Å². The molecule has 0 bridgehead atoms. The van der Waals surface area contributed by atoms with Gasteiger partial charge in [-0.1, -0.05) is 67.6 Å². The minimum absolute atomic E-state index is 0.0313. The van der Waals surface area contributed by atoms with Gasteiger partial charge in [-0.25, -0.2) is 0 Å². The first-order valence-electron chi connectivity index (χ1n) is 11.5. The van der Waals surface area contributed by atoms with Crippen LogP contribution in [0.3, 0.4) is 0 Å². The number of nitrogens with zero attached hydrogens (tertiary/aromatic N) is 1. The van der Waals surface area contributed by atoms with Crippen LogP contribution in [0.25, 0.3) is 0 Å². The molecule has 32 heavy (non-hydrogen) atoms. The molecule has 4 nitrogen and oxygen atoms in total. The van der Waals surface area contributed by atoms with Crippen molar-refractivity contribution in [3.63, 3.8) is 0 Å². The van der Waals surface area contributed by atoms with Crippen LogP contribution in [0, 0.1) is 6.92 Å². The van der Waals surface area contributed by atoms with Gasteiger partial charge >= 0.3 is 0 Å². The van der Waals surface area contributed by atoms with E-state index >= 15 is 0 Å². The fraction of sp³-hybridized carbons (Fsp3) is 0.462. The van der Waals surface area contributed by atoms with Crippen molar-refractivity contribution < 1.29 is 9.59 Å². The second kappa shape index (κ2) is 12.3. The van der Waals surface area contributed by atoms with Gasteiger partial charge in [0.25, 0.3) is 0 Å². The monoisotopic (exact) mass is 472 g/mol. The lowest BCUT2D eigenvalue weighted by atomic mass is 9.95. The van der Waals surface area contributed by atoms with Gasteiger partial charge in [-0.2, -0.15) is 0 Å². The van der Waals surface area contributed by atoms with Crippen molar-refractivity contribution in [1.82, 2.24) is 10.2 Å². The Hall–Kier alpha value is -1.98. The minimum Gasteiger partial charge on any atom is -0.352 e. The summed E-state index contributed by atoms with van der Waals surface area (Å²) in [6, 6.07) is 15.4. The molecule has 1 fully saturated rings. The summed E-state index contributed by atoms with van der Waals surface area (Å²) in [6.45, 7) is 4.41. The Morgan fingerprint density at radius 2 is 1.72 bits per heavy atom. The molecule has 1 aliphatic rings. The Balaban J connectivity index is 1.73. The Morgan fingerprint density at radius 1 is 1.06 bits per heavy atom. The van der Waals surface area contributed by atoms with Gasteiger partial charge in [0, 0.05) is 22.5 Å². The number of thioether (sulfide) groups is 1. The van der Waals surface area contributed by atoms with Crippen LogP contribution in [-0.4, -0.2) is 34.6 Å². The maximum atomic E-state index is 13.4. The first kappa shape index (κ1) is 24.7. The summed E-state index contributed by atoms with van der Waals surface area (Å²) in [7, 11) is 0. The maximum absolute atomic E-state index is 13.4. The Bertz CT molecular complexity index is 880. The van der Waals surface area contributed by atoms with E-state index in [-0.39, 0.29) is 17.9 Å². The number of nitrogens with one attached hydrogen (secondary N) is 1. The largest absolute Gasteiger partial charge is 0.352 e. The molecule has 3 rings (SSSR count). The molecular weight excluding hydrogens is 440 g/mol. The highest BCUT2D eigenvalue weighted by atomic mass is 35.5. The van der Waals surface area contributed by atoms with Gasteiger partial charge in [-0.05, 0) is 56.0 Å². The highest BCUT2D eigenvalue weighted by molar-refractivity contribution is 8.00. The molecule has 0 radical (unpaired) electrons. The second-order valence-corrected chi connectivity index (χ2v) is 10.0. The Labute approximate surface area is 201 Å². The van der Waals surface area contributed by atoms with Crippen LogP contribution in [0.15, 0.2) is 53.4 Å². The summed E-state index contributed by atoms with van der Waals surface area (Å²) < 4.78 is 0. The molecule has 2 amide bonds. The molecule has 1 aliphatic carbocycles. The van der Waals surface area contributed by atoms with Gasteiger partial charge < -0.3 is 10.2 Å². The molecular formula is C26H33ClN2O2S. The van der Waals surface area contributed by atoms with Crippen molar-refractivity contribution in [2.24, 2.45) is 0 Å². The fourth-order valence-electron chi connectivity index (χ4n) is 4.11. The number of benzene rings is 2. The van der Waals surface area contributed by atoms with Crippen LogP contribution in [0.5, 0.6) is 0 Å². The molecule has 0 unspecified atom stereocenters. The van der Waals surface area contributed by atoms with E-state index in [0.29, 0.717) is 23.7 Å². The van der Waals surface area contributed by atoms with E-state index in [2.05, 4.69) is 5.32 Å². The van der Waals surface area contributed by atoms with Crippen molar-refractivity contribution >= 4 is 35.2 Å². The molecule has 6 heteroatoms. The quantitative estimate of drug-likeness (QED) is 0.455. The molecule has 0 aliphatic heterocycles. The SMILES string of the molecule is CC[C@@H](C(=O)NC1CCCCC1)N(Cc1ccc(Cl)cc1)C(=O)CSc1ccc(C)cc1. The lowest BCUT2D eigenvalue weighted by Crippen LogP contribution is -2.52. The van der Waals surface area contributed by atoms with Crippen molar-refractivity contribution in [2.45, 2.75) is 75.9 Å². The number of aryl methyl sites for hydroxylation is 1. The van der Waals surface area contributed by atoms with Gasteiger partial charge in [-0.15, -0.1) is 11.8 Å². The summed E-state index contributed by atoms with van der Waals surface area (Å²) in [6.07, 6.45) is 6.17. The van der Waals surface area contributed by atoms with Crippen molar-refractivity contribution in [2.75, 3.05) is 5.75 Å². The molecule has 1 N–H and O–H groups in total. The number of carbonyl (C=O) groups excluding carboxylic acids is 2. The number of rotatable bonds is 9. The van der Waals surface area contributed by atoms with E-state index in [1.165, 1.54) is 23.7 Å². The average molecular weight is 473 g/mol. The predicted molar refractivity (Wildman–Crippen MR) is 133 cm³/mol. The first-order chi connectivity index (χ1) is 15.5. The molecule has 1 atom stereocenters. The van der Waals surface area contributed by atoms with E-state index in [9.17, 15) is 9.59 Å². The molecule has 1 saturated carbocycles. The van der Waals surface area contributed by atoms with Crippen LogP contribution >= 0.6 is 23.4 Å². The Kier molecular flexibility index (Phi) is 9.49. The number of hydrogen-bond acceptors (Lipinski definition) is 3. The zero-order chi connectivity index (χ0) is 22.9. The second-order valence-electron chi connectivity index (χ2n) is 8.52. The predicted octanol–water partition coefficient (Wildman–Crippen LogP) is 6.00. The van der Waals surface area contributed by atoms with Gasteiger partial charge in [-0.3, -0.25) is 9.59 Å².